The molecule has 7 heteroatoms. The molecule has 0 radical (unpaired) electrons. The van der Waals surface area contributed by atoms with Gasteiger partial charge in [0, 0.05) is 35.3 Å². The van der Waals surface area contributed by atoms with Crippen LogP contribution in [0.5, 0.6) is 5.75 Å². The molecule has 152 valence electrons. The summed E-state index contributed by atoms with van der Waals surface area (Å²) in [6, 6.07) is 12.3. The molecule has 0 saturated heterocycles. The summed E-state index contributed by atoms with van der Waals surface area (Å²) in [6.07, 6.45) is 1.81. The highest BCUT2D eigenvalue weighted by molar-refractivity contribution is 7.11. The zero-order chi connectivity index (χ0) is 20.4. The van der Waals surface area contributed by atoms with Gasteiger partial charge in [0.2, 0.25) is 0 Å². The lowest BCUT2D eigenvalue weighted by atomic mass is 10.1. The van der Waals surface area contributed by atoms with Crippen molar-refractivity contribution in [1.29, 1.82) is 0 Å². The highest BCUT2D eigenvalue weighted by Crippen LogP contribution is 2.16. The van der Waals surface area contributed by atoms with Crippen LogP contribution in [-0.2, 0) is 17.6 Å². The molecule has 2 aromatic rings. The van der Waals surface area contributed by atoms with E-state index in [9.17, 15) is 4.79 Å². The summed E-state index contributed by atoms with van der Waals surface area (Å²) >= 11 is 1.84. The van der Waals surface area contributed by atoms with E-state index >= 15 is 0 Å². The van der Waals surface area contributed by atoms with Gasteiger partial charge in [0.25, 0.3) is 5.91 Å². The number of thiophene rings is 1. The van der Waals surface area contributed by atoms with E-state index in [4.69, 9.17) is 10.5 Å². The quantitative estimate of drug-likeness (QED) is 0.421. The van der Waals surface area contributed by atoms with Gasteiger partial charge in [-0.15, -0.1) is 11.3 Å². The van der Waals surface area contributed by atoms with Gasteiger partial charge < -0.3 is 21.1 Å². The van der Waals surface area contributed by atoms with Crippen LogP contribution < -0.4 is 21.1 Å². The predicted octanol–water partition coefficient (Wildman–Crippen LogP) is 2.65. The van der Waals surface area contributed by atoms with Crippen LogP contribution in [-0.4, -0.2) is 37.6 Å². The van der Waals surface area contributed by atoms with Crippen LogP contribution in [0.3, 0.4) is 0 Å². The molecular formula is C21H30N4O2S. The standard InChI is InChI=1S/C21H30N4O2S/c1-4-23-21(25-15(2)13-19-10-5-16(3)28-19)24-12-11-17-6-8-18(9-7-17)27-14-20(22)26/h5-10,15H,4,11-14H2,1-3H3,(H2,22,26)(H2,23,24,25). The second-order valence-corrected chi connectivity index (χ2v) is 8.04. The number of nitrogens with zero attached hydrogens (tertiary/aromatic N) is 1. The summed E-state index contributed by atoms with van der Waals surface area (Å²) in [6.45, 7) is 7.77. The first-order valence-electron chi connectivity index (χ1n) is 9.56. The molecule has 1 unspecified atom stereocenters. The number of rotatable bonds is 10. The summed E-state index contributed by atoms with van der Waals surface area (Å²) in [7, 11) is 0. The summed E-state index contributed by atoms with van der Waals surface area (Å²) in [5, 5.41) is 6.79. The van der Waals surface area contributed by atoms with E-state index in [1.54, 1.807) is 0 Å². The van der Waals surface area contributed by atoms with Crippen LogP contribution in [0.25, 0.3) is 0 Å². The molecule has 0 aliphatic carbocycles. The molecule has 4 N–H and O–H groups in total. The number of carbonyl (C=O) groups excluding carboxylic acids is 1. The van der Waals surface area contributed by atoms with Gasteiger partial charge in [0.15, 0.2) is 12.6 Å². The van der Waals surface area contributed by atoms with Crippen molar-refractivity contribution in [3.8, 4) is 5.75 Å². The molecule has 28 heavy (non-hydrogen) atoms. The molecule has 1 heterocycles. The Kier molecular flexibility index (Phi) is 8.81. The molecule has 0 spiro atoms. The number of nitrogens with one attached hydrogen (secondary N) is 2. The van der Waals surface area contributed by atoms with Gasteiger partial charge in [0.05, 0.1) is 0 Å². The zero-order valence-corrected chi connectivity index (χ0v) is 17.6. The third-order valence-corrected chi connectivity index (χ3v) is 5.03. The van der Waals surface area contributed by atoms with E-state index < -0.39 is 5.91 Å². The third-order valence-electron chi connectivity index (χ3n) is 4.01. The zero-order valence-electron chi connectivity index (χ0n) is 16.8. The Balaban J connectivity index is 1.83. The second-order valence-electron chi connectivity index (χ2n) is 6.67. The van der Waals surface area contributed by atoms with Gasteiger partial charge in [0.1, 0.15) is 5.75 Å². The van der Waals surface area contributed by atoms with Crippen LogP contribution in [0.4, 0.5) is 0 Å². The number of nitrogens with two attached hydrogens (primary N) is 1. The maximum Gasteiger partial charge on any atom is 0.255 e. The normalized spacial score (nSPS) is 12.5. The average Bonchev–Trinajstić information content (AvgIpc) is 3.05. The van der Waals surface area contributed by atoms with E-state index in [1.807, 2.05) is 35.6 Å². The summed E-state index contributed by atoms with van der Waals surface area (Å²) in [5.74, 6) is 0.994. The number of aliphatic imine (C=N–C) groups is 1. The van der Waals surface area contributed by atoms with Gasteiger partial charge in [-0.2, -0.15) is 0 Å². The second kappa shape index (κ2) is 11.3. The van der Waals surface area contributed by atoms with Crippen molar-refractivity contribution in [3.63, 3.8) is 0 Å². The Morgan fingerprint density at radius 2 is 2.00 bits per heavy atom. The average molecular weight is 403 g/mol. The van der Waals surface area contributed by atoms with Gasteiger partial charge in [-0.1, -0.05) is 12.1 Å². The van der Waals surface area contributed by atoms with Crippen molar-refractivity contribution in [2.24, 2.45) is 10.7 Å². The third kappa shape index (κ3) is 8.00. The topological polar surface area (TPSA) is 88.7 Å². The first kappa shape index (κ1) is 21.8. The minimum atomic E-state index is -0.481. The monoisotopic (exact) mass is 402 g/mol. The number of aryl methyl sites for hydroxylation is 1. The van der Waals surface area contributed by atoms with E-state index in [2.05, 4.69) is 48.5 Å². The minimum Gasteiger partial charge on any atom is -0.484 e. The highest BCUT2D eigenvalue weighted by atomic mass is 32.1. The van der Waals surface area contributed by atoms with Crippen molar-refractivity contribution < 1.29 is 9.53 Å². The maximum atomic E-state index is 10.7. The Morgan fingerprint density at radius 3 is 2.61 bits per heavy atom. The van der Waals surface area contributed by atoms with Crippen molar-refractivity contribution >= 4 is 23.2 Å². The van der Waals surface area contributed by atoms with Crippen LogP contribution in [0.1, 0.15) is 29.2 Å². The number of guanidine groups is 1. The molecule has 0 fully saturated rings. The smallest absolute Gasteiger partial charge is 0.255 e. The minimum absolute atomic E-state index is 0.107. The first-order chi connectivity index (χ1) is 13.5. The predicted molar refractivity (Wildman–Crippen MR) is 116 cm³/mol. The lowest BCUT2D eigenvalue weighted by molar-refractivity contribution is -0.119. The summed E-state index contributed by atoms with van der Waals surface area (Å²) in [4.78, 5) is 18.2. The van der Waals surface area contributed by atoms with Crippen LogP contribution in [0.2, 0.25) is 0 Å². The molecule has 0 saturated carbocycles. The van der Waals surface area contributed by atoms with Gasteiger partial charge in [-0.05, 0) is 57.0 Å². The van der Waals surface area contributed by atoms with Crippen LogP contribution in [0, 0.1) is 6.92 Å². The molecule has 1 atom stereocenters. The van der Waals surface area contributed by atoms with Crippen molar-refractivity contribution in [3.05, 3.63) is 51.7 Å². The Morgan fingerprint density at radius 1 is 1.25 bits per heavy atom. The number of hydrogen-bond donors (Lipinski definition) is 3. The number of carbonyl (C=O) groups is 1. The van der Waals surface area contributed by atoms with Crippen LogP contribution >= 0.6 is 11.3 Å². The molecule has 1 amide bonds. The molecule has 1 aromatic carbocycles. The van der Waals surface area contributed by atoms with Crippen molar-refractivity contribution in [2.75, 3.05) is 19.7 Å². The summed E-state index contributed by atoms with van der Waals surface area (Å²) in [5.41, 5.74) is 6.24. The largest absolute Gasteiger partial charge is 0.484 e. The van der Waals surface area contributed by atoms with Gasteiger partial charge in [-0.25, -0.2) is 0 Å². The fourth-order valence-corrected chi connectivity index (χ4v) is 3.72. The summed E-state index contributed by atoms with van der Waals surface area (Å²) < 4.78 is 5.27. The molecule has 0 bridgehead atoms. The van der Waals surface area contributed by atoms with Crippen molar-refractivity contribution in [2.45, 2.75) is 39.7 Å². The molecule has 0 aliphatic heterocycles. The Labute approximate surface area is 171 Å². The SMILES string of the molecule is CCNC(=NCCc1ccc(OCC(N)=O)cc1)NC(C)Cc1ccc(C)s1. The fraction of sp³-hybridized carbons (Fsp3) is 0.429. The molecule has 0 aliphatic rings. The number of ether oxygens (including phenoxy) is 1. The fourth-order valence-electron chi connectivity index (χ4n) is 2.70. The van der Waals surface area contributed by atoms with E-state index in [0.717, 1.165) is 30.9 Å². The molecule has 6 nitrogen and oxygen atoms in total. The number of primary amides is 1. The van der Waals surface area contributed by atoms with Crippen LogP contribution in [0.15, 0.2) is 41.4 Å². The number of hydrogen-bond acceptors (Lipinski definition) is 4. The molecular weight excluding hydrogens is 372 g/mol. The maximum absolute atomic E-state index is 10.7. The van der Waals surface area contributed by atoms with E-state index in [0.29, 0.717) is 18.3 Å². The van der Waals surface area contributed by atoms with Crippen molar-refractivity contribution in [1.82, 2.24) is 10.6 Å². The van der Waals surface area contributed by atoms with Gasteiger partial charge in [-0.3, -0.25) is 9.79 Å². The number of benzene rings is 1. The highest BCUT2D eigenvalue weighted by Gasteiger charge is 2.08. The Hall–Kier alpha value is -2.54. The lowest BCUT2D eigenvalue weighted by Crippen LogP contribution is -2.43. The number of amides is 1. The molecule has 2 rings (SSSR count). The van der Waals surface area contributed by atoms with E-state index in [1.165, 1.54) is 9.75 Å². The van der Waals surface area contributed by atoms with Gasteiger partial charge >= 0.3 is 0 Å². The molecule has 1 aromatic heterocycles. The van der Waals surface area contributed by atoms with E-state index in [-0.39, 0.29) is 6.61 Å². The first-order valence-corrected chi connectivity index (χ1v) is 10.4. The Bertz CT molecular complexity index is 771. The lowest BCUT2D eigenvalue weighted by Gasteiger charge is -2.17.